The van der Waals surface area contributed by atoms with Crippen LogP contribution in [0.5, 0.6) is 5.75 Å². The number of nitrogens with zero attached hydrogens (tertiary/aromatic N) is 1. The fraction of sp³-hybridized carbons (Fsp3) is 0.176. The monoisotopic (exact) mass is 314 g/mol. The highest BCUT2D eigenvalue weighted by molar-refractivity contribution is 5.94. The van der Waals surface area contributed by atoms with Crippen LogP contribution in [0.25, 0.3) is 11.1 Å². The number of carbonyl (C=O) groups excluding carboxylic acids is 1. The number of fused-ring (bicyclic) bond motifs is 1. The van der Waals surface area contributed by atoms with Gasteiger partial charge < -0.3 is 14.5 Å². The van der Waals surface area contributed by atoms with Crippen molar-refractivity contribution in [3.05, 3.63) is 59.7 Å². The highest BCUT2D eigenvalue weighted by Crippen LogP contribution is 2.20. The number of nitrogens with one attached hydrogen (secondary N) is 1. The molecule has 23 heavy (non-hydrogen) atoms. The number of oxazole rings is 1. The number of amides is 1. The predicted molar refractivity (Wildman–Crippen MR) is 83.0 cm³/mol. The standard InChI is InChI=1S/C17H15FN2O3/c1-22-14-8-4-5-11(16(14)18)17(21)19-10-9-15-20-12-6-2-3-7-13(12)23-15/h2-8H,9-10H2,1H3,(H,19,21). The minimum absolute atomic E-state index is 0.0385. The maximum atomic E-state index is 14.0. The second kappa shape index (κ2) is 6.48. The van der Waals surface area contributed by atoms with Crippen molar-refractivity contribution in [2.45, 2.75) is 6.42 Å². The topological polar surface area (TPSA) is 64.4 Å². The van der Waals surface area contributed by atoms with Gasteiger partial charge in [-0.25, -0.2) is 9.37 Å². The van der Waals surface area contributed by atoms with Crippen molar-refractivity contribution in [3.63, 3.8) is 0 Å². The van der Waals surface area contributed by atoms with Gasteiger partial charge in [-0.15, -0.1) is 0 Å². The number of benzene rings is 2. The van der Waals surface area contributed by atoms with Gasteiger partial charge in [0.1, 0.15) is 5.52 Å². The highest BCUT2D eigenvalue weighted by atomic mass is 19.1. The maximum absolute atomic E-state index is 14.0. The largest absolute Gasteiger partial charge is 0.494 e. The summed E-state index contributed by atoms with van der Waals surface area (Å²) in [4.78, 5) is 16.4. The van der Waals surface area contributed by atoms with E-state index >= 15 is 0 Å². The third kappa shape index (κ3) is 3.15. The zero-order valence-electron chi connectivity index (χ0n) is 12.5. The SMILES string of the molecule is COc1cccc(C(=O)NCCc2nc3ccccc3o2)c1F. The molecule has 3 aromatic rings. The minimum atomic E-state index is -0.672. The van der Waals surface area contributed by atoms with Gasteiger partial charge in [-0.2, -0.15) is 0 Å². The number of methoxy groups -OCH3 is 1. The molecule has 0 bridgehead atoms. The van der Waals surface area contributed by atoms with E-state index in [0.29, 0.717) is 24.4 Å². The van der Waals surface area contributed by atoms with E-state index in [1.54, 1.807) is 6.07 Å². The van der Waals surface area contributed by atoms with E-state index in [1.807, 2.05) is 24.3 Å². The first-order chi connectivity index (χ1) is 11.2. The average Bonchev–Trinajstić information content (AvgIpc) is 2.97. The number of rotatable bonds is 5. The normalized spacial score (nSPS) is 10.7. The fourth-order valence-electron chi connectivity index (χ4n) is 2.25. The van der Waals surface area contributed by atoms with E-state index in [9.17, 15) is 9.18 Å². The number of hydrogen-bond acceptors (Lipinski definition) is 4. The summed E-state index contributed by atoms with van der Waals surface area (Å²) in [5.41, 5.74) is 1.42. The first-order valence-electron chi connectivity index (χ1n) is 7.14. The molecule has 0 atom stereocenters. The number of halogens is 1. The van der Waals surface area contributed by atoms with Gasteiger partial charge in [-0.3, -0.25) is 4.79 Å². The molecular weight excluding hydrogens is 299 g/mol. The van der Waals surface area contributed by atoms with Crippen LogP contribution in [-0.4, -0.2) is 24.5 Å². The Morgan fingerprint density at radius 1 is 1.26 bits per heavy atom. The molecule has 0 aliphatic rings. The van der Waals surface area contributed by atoms with Crippen LogP contribution in [0, 0.1) is 5.82 Å². The summed E-state index contributed by atoms with van der Waals surface area (Å²) >= 11 is 0. The molecule has 0 aliphatic heterocycles. The first kappa shape index (κ1) is 15.0. The van der Waals surface area contributed by atoms with E-state index in [4.69, 9.17) is 9.15 Å². The van der Waals surface area contributed by atoms with Crippen molar-refractivity contribution in [2.24, 2.45) is 0 Å². The molecule has 0 unspecified atom stereocenters. The lowest BCUT2D eigenvalue weighted by Gasteiger charge is -2.07. The predicted octanol–water partition coefficient (Wildman–Crippen LogP) is 2.95. The van der Waals surface area contributed by atoms with Gasteiger partial charge >= 0.3 is 0 Å². The Labute approximate surface area is 132 Å². The molecule has 6 heteroatoms. The van der Waals surface area contributed by atoms with Crippen LogP contribution < -0.4 is 10.1 Å². The Kier molecular flexibility index (Phi) is 4.23. The van der Waals surface area contributed by atoms with Gasteiger partial charge in [0.05, 0.1) is 12.7 Å². The number of carbonyl (C=O) groups is 1. The van der Waals surface area contributed by atoms with Gasteiger partial charge in [0.25, 0.3) is 5.91 Å². The van der Waals surface area contributed by atoms with Gasteiger partial charge in [0.15, 0.2) is 23.0 Å². The fourth-order valence-corrected chi connectivity index (χ4v) is 2.25. The molecule has 1 heterocycles. The van der Waals surface area contributed by atoms with Gasteiger partial charge in [-0.05, 0) is 24.3 Å². The Morgan fingerprint density at radius 3 is 2.87 bits per heavy atom. The summed E-state index contributed by atoms with van der Waals surface area (Å²) < 4.78 is 24.4. The second-order valence-electron chi connectivity index (χ2n) is 4.90. The molecule has 5 nitrogen and oxygen atoms in total. The summed E-state index contributed by atoms with van der Waals surface area (Å²) in [5, 5.41) is 2.65. The summed E-state index contributed by atoms with van der Waals surface area (Å²) in [6.07, 6.45) is 0.423. The summed E-state index contributed by atoms with van der Waals surface area (Å²) in [6, 6.07) is 11.9. The van der Waals surface area contributed by atoms with Crippen LogP contribution in [-0.2, 0) is 6.42 Å². The molecular formula is C17H15FN2O3. The van der Waals surface area contributed by atoms with Gasteiger partial charge in [-0.1, -0.05) is 18.2 Å². The number of hydrogen-bond donors (Lipinski definition) is 1. The minimum Gasteiger partial charge on any atom is -0.494 e. The Morgan fingerprint density at radius 2 is 2.09 bits per heavy atom. The summed E-state index contributed by atoms with van der Waals surface area (Å²) in [7, 11) is 1.35. The molecule has 3 rings (SSSR count). The molecule has 1 amide bonds. The van der Waals surface area contributed by atoms with Crippen molar-refractivity contribution >= 4 is 17.0 Å². The van der Waals surface area contributed by atoms with E-state index in [-0.39, 0.29) is 11.3 Å². The van der Waals surface area contributed by atoms with Crippen LogP contribution in [0.4, 0.5) is 4.39 Å². The van der Waals surface area contributed by atoms with E-state index in [1.165, 1.54) is 19.2 Å². The Bertz CT molecular complexity index is 812. The zero-order chi connectivity index (χ0) is 16.2. The van der Waals surface area contributed by atoms with Crippen molar-refractivity contribution in [2.75, 3.05) is 13.7 Å². The zero-order valence-corrected chi connectivity index (χ0v) is 12.5. The van der Waals surface area contributed by atoms with Gasteiger partial charge in [0.2, 0.25) is 0 Å². The van der Waals surface area contributed by atoms with E-state index < -0.39 is 11.7 Å². The summed E-state index contributed by atoms with van der Waals surface area (Å²) in [5.74, 6) is -0.610. The number of ether oxygens (including phenoxy) is 1. The molecule has 0 fully saturated rings. The third-order valence-electron chi connectivity index (χ3n) is 3.39. The maximum Gasteiger partial charge on any atom is 0.254 e. The van der Waals surface area contributed by atoms with Crippen molar-refractivity contribution in [1.29, 1.82) is 0 Å². The Hall–Kier alpha value is -2.89. The second-order valence-corrected chi connectivity index (χ2v) is 4.90. The third-order valence-corrected chi connectivity index (χ3v) is 3.39. The van der Waals surface area contributed by atoms with Crippen molar-refractivity contribution < 1.29 is 18.3 Å². The lowest BCUT2D eigenvalue weighted by molar-refractivity contribution is 0.0949. The van der Waals surface area contributed by atoms with Crippen LogP contribution in [0.3, 0.4) is 0 Å². The quantitative estimate of drug-likeness (QED) is 0.786. The molecule has 1 aromatic heterocycles. The molecule has 1 N–H and O–H groups in total. The lowest BCUT2D eigenvalue weighted by atomic mass is 10.2. The molecule has 0 saturated heterocycles. The van der Waals surface area contributed by atoms with Gasteiger partial charge in [0, 0.05) is 13.0 Å². The van der Waals surface area contributed by atoms with Crippen LogP contribution in [0.15, 0.2) is 46.9 Å². The molecule has 118 valence electrons. The van der Waals surface area contributed by atoms with E-state index in [2.05, 4.69) is 10.3 Å². The van der Waals surface area contributed by atoms with Crippen LogP contribution in [0.2, 0.25) is 0 Å². The van der Waals surface area contributed by atoms with Crippen LogP contribution in [0.1, 0.15) is 16.2 Å². The first-order valence-corrected chi connectivity index (χ1v) is 7.14. The van der Waals surface area contributed by atoms with Crippen molar-refractivity contribution in [1.82, 2.24) is 10.3 Å². The van der Waals surface area contributed by atoms with Crippen molar-refractivity contribution in [3.8, 4) is 5.75 Å². The average molecular weight is 314 g/mol. The van der Waals surface area contributed by atoms with Crippen LogP contribution >= 0.6 is 0 Å². The molecule has 2 aromatic carbocycles. The molecule has 0 aliphatic carbocycles. The summed E-state index contributed by atoms with van der Waals surface area (Å²) in [6.45, 7) is 0.294. The number of aromatic nitrogens is 1. The van der Waals surface area contributed by atoms with E-state index in [0.717, 1.165) is 5.52 Å². The molecule has 0 radical (unpaired) electrons. The number of para-hydroxylation sites is 2. The molecule has 0 spiro atoms. The Balaban J connectivity index is 1.63. The smallest absolute Gasteiger partial charge is 0.254 e. The highest BCUT2D eigenvalue weighted by Gasteiger charge is 2.15. The molecule has 0 saturated carbocycles. The lowest BCUT2D eigenvalue weighted by Crippen LogP contribution is -2.26.